The number of anilines is 1. The average Bonchev–Trinajstić information content (AvgIpc) is 2.82. The van der Waals surface area contributed by atoms with Crippen LogP contribution in [0.15, 0.2) is 35.0 Å². The van der Waals surface area contributed by atoms with E-state index in [4.69, 9.17) is 4.74 Å². The summed E-state index contributed by atoms with van der Waals surface area (Å²) in [5, 5.41) is 17.2. The van der Waals surface area contributed by atoms with Crippen LogP contribution in [0.25, 0.3) is 0 Å². The molecule has 2 rings (SSSR count). The third kappa shape index (κ3) is 2.71. The number of thiophene rings is 1. The number of hydrogen-bond acceptors (Lipinski definition) is 4. The molecule has 4 heteroatoms. The number of phenolic OH excluding ortho intramolecular Hbond substituents is 1. The van der Waals surface area contributed by atoms with Crippen molar-refractivity contribution in [1.29, 1.82) is 0 Å². The summed E-state index contributed by atoms with van der Waals surface area (Å²) in [6.07, 6.45) is 0. The summed E-state index contributed by atoms with van der Waals surface area (Å²) < 4.78 is 5.00. The highest BCUT2D eigenvalue weighted by molar-refractivity contribution is 7.07. The Morgan fingerprint density at radius 2 is 2.18 bits per heavy atom. The van der Waals surface area contributed by atoms with Gasteiger partial charge < -0.3 is 15.2 Å². The van der Waals surface area contributed by atoms with Crippen LogP contribution in [0.2, 0.25) is 0 Å². The first kappa shape index (κ1) is 11.8. The molecule has 1 aromatic carbocycles. The Morgan fingerprint density at radius 1 is 1.35 bits per heavy atom. The first-order chi connectivity index (χ1) is 8.20. The molecule has 1 atom stereocenters. The van der Waals surface area contributed by atoms with Gasteiger partial charge >= 0.3 is 0 Å². The Kier molecular flexibility index (Phi) is 3.54. The molecule has 0 aliphatic heterocycles. The fourth-order valence-electron chi connectivity index (χ4n) is 1.63. The van der Waals surface area contributed by atoms with E-state index >= 15 is 0 Å². The van der Waals surface area contributed by atoms with Crippen LogP contribution in [0.3, 0.4) is 0 Å². The van der Waals surface area contributed by atoms with Crippen LogP contribution in [0.5, 0.6) is 11.5 Å². The molecule has 0 aliphatic rings. The van der Waals surface area contributed by atoms with E-state index < -0.39 is 0 Å². The third-order valence-electron chi connectivity index (χ3n) is 2.61. The summed E-state index contributed by atoms with van der Waals surface area (Å²) in [5.41, 5.74) is 2.12. The van der Waals surface area contributed by atoms with Crippen LogP contribution in [-0.2, 0) is 0 Å². The second-order valence-electron chi connectivity index (χ2n) is 3.81. The zero-order chi connectivity index (χ0) is 12.3. The minimum absolute atomic E-state index is 0.148. The first-order valence-electron chi connectivity index (χ1n) is 5.36. The lowest BCUT2D eigenvalue weighted by atomic mass is 10.1. The van der Waals surface area contributed by atoms with E-state index in [1.807, 2.05) is 6.07 Å². The van der Waals surface area contributed by atoms with Gasteiger partial charge in [0.05, 0.1) is 7.11 Å². The van der Waals surface area contributed by atoms with Crippen LogP contribution in [-0.4, -0.2) is 12.2 Å². The molecule has 17 heavy (non-hydrogen) atoms. The molecule has 1 aromatic heterocycles. The molecule has 0 amide bonds. The molecular weight excluding hydrogens is 234 g/mol. The molecule has 90 valence electrons. The van der Waals surface area contributed by atoms with E-state index in [9.17, 15) is 5.11 Å². The highest BCUT2D eigenvalue weighted by Crippen LogP contribution is 2.30. The Morgan fingerprint density at radius 3 is 2.76 bits per heavy atom. The monoisotopic (exact) mass is 249 g/mol. The molecule has 3 nitrogen and oxygen atoms in total. The summed E-state index contributed by atoms with van der Waals surface area (Å²) in [7, 11) is 1.54. The van der Waals surface area contributed by atoms with Crippen molar-refractivity contribution in [3.05, 3.63) is 40.6 Å². The van der Waals surface area contributed by atoms with Gasteiger partial charge in [-0.3, -0.25) is 0 Å². The number of nitrogens with one attached hydrogen (secondary N) is 1. The lowest BCUT2D eigenvalue weighted by Crippen LogP contribution is -2.05. The van der Waals surface area contributed by atoms with Crippen LogP contribution in [0.1, 0.15) is 18.5 Å². The SMILES string of the molecule is COc1ccc(NC(C)c2ccsc2)cc1O. The maximum absolute atomic E-state index is 9.67. The third-order valence-corrected chi connectivity index (χ3v) is 3.31. The van der Waals surface area contributed by atoms with Gasteiger partial charge in [0.15, 0.2) is 11.5 Å². The number of aromatic hydroxyl groups is 1. The number of benzene rings is 1. The van der Waals surface area contributed by atoms with Crippen LogP contribution in [0, 0.1) is 0 Å². The highest BCUT2D eigenvalue weighted by atomic mass is 32.1. The Balaban J connectivity index is 2.11. The molecule has 0 saturated heterocycles. The molecular formula is C13H15NO2S. The Bertz CT molecular complexity index is 482. The summed E-state index contributed by atoms with van der Waals surface area (Å²) in [5.74, 6) is 0.633. The number of rotatable bonds is 4. The predicted molar refractivity (Wildman–Crippen MR) is 71.0 cm³/mol. The molecule has 0 bridgehead atoms. The molecule has 1 heterocycles. The minimum atomic E-state index is 0.148. The smallest absolute Gasteiger partial charge is 0.160 e. The molecule has 0 spiro atoms. The maximum atomic E-state index is 9.67. The number of ether oxygens (including phenoxy) is 1. The van der Waals surface area contributed by atoms with Gasteiger partial charge in [-0.1, -0.05) is 0 Å². The van der Waals surface area contributed by atoms with Gasteiger partial charge in [0.2, 0.25) is 0 Å². The quantitative estimate of drug-likeness (QED) is 0.869. The van der Waals surface area contributed by atoms with Crippen molar-refractivity contribution in [2.45, 2.75) is 13.0 Å². The van der Waals surface area contributed by atoms with Gasteiger partial charge in [0, 0.05) is 17.8 Å². The van der Waals surface area contributed by atoms with Crippen molar-refractivity contribution in [3.8, 4) is 11.5 Å². The molecule has 0 saturated carbocycles. The van der Waals surface area contributed by atoms with Crippen molar-refractivity contribution in [3.63, 3.8) is 0 Å². The van der Waals surface area contributed by atoms with Crippen molar-refractivity contribution in [2.24, 2.45) is 0 Å². The largest absolute Gasteiger partial charge is 0.504 e. The van der Waals surface area contributed by atoms with Crippen molar-refractivity contribution in [2.75, 3.05) is 12.4 Å². The number of hydrogen-bond donors (Lipinski definition) is 2. The van der Waals surface area contributed by atoms with E-state index in [1.165, 1.54) is 12.7 Å². The molecule has 1 unspecified atom stereocenters. The van der Waals surface area contributed by atoms with Crippen LogP contribution in [0.4, 0.5) is 5.69 Å². The number of methoxy groups -OCH3 is 1. The molecule has 2 aromatic rings. The molecule has 0 fully saturated rings. The van der Waals surface area contributed by atoms with E-state index in [0.29, 0.717) is 5.75 Å². The van der Waals surface area contributed by atoms with Crippen molar-refractivity contribution >= 4 is 17.0 Å². The van der Waals surface area contributed by atoms with E-state index in [1.54, 1.807) is 23.5 Å². The fourth-order valence-corrected chi connectivity index (χ4v) is 2.39. The predicted octanol–water partition coefficient (Wildman–Crippen LogP) is 3.64. The van der Waals surface area contributed by atoms with E-state index in [-0.39, 0.29) is 11.8 Å². The fraction of sp³-hybridized carbons (Fsp3) is 0.231. The Labute approximate surface area is 105 Å². The zero-order valence-electron chi connectivity index (χ0n) is 9.81. The molecule has 2 N–H and O–H groups in total. The van der Waals surface area contributed by atoms with Gasteiger partial charge in [-0.15, -0.1) is 0 Å². The van der Waals surface area contributed by atoms with Gasteiger partial charge in [-0.25, -0.2) is 0 Å². The first-order valence-corrected chi connectivity index (χ1v) is 6.30. The molecule has 0 aliphatic carbocycles. The Hall–Kier alpha value is -1.68. The topological polar surface area (TPSA) is 41.5 Å². The normalized spacial score (nSPS) is 12.1. The summed E-state index contributed by atoms with van der Waals surface area (Å²) in [6, 6.07) is 7.61. The average molecular weight is 249 g/mol. The van der Waals surface area contributed by atoms with Crippen LogP contribution >= 0.6 is 11.3 Å². The van der Waals surface area contributed by atoms with Gasteiger partial charge in [0.1, 0.15) is 0 Å². The summed E-state index contributed by atoms with van der Waals surface area (Å²) in [6.45, 7) is 2.09. The minimum Gasteiger partial charge on any atom is -0.504 e. The van der Waals surface area contributed by atoms with Gasteiger partial charge in [-0.05, 0) is 41.4 Å². The summed E-state index contributed by atoms with van der Waals surface area (Å²) >= 11 is 1.68. The standard InChI is InChI=1S/C13H15NO2S/c1-9(10-5-6-17-8-10)14-11-3-4-13(16-2)12(15)7-11/h3-9,14-15H,1-2H3. The molecule has 0 radical (unpaired) electrons. The second kappa shape index (κ2) is 5.10. The second-order valence-corrected chi connectivity index (χ2v) is 4.59. The maximum Gasteiger partial charge on any atom is 0.160 e. The van der Waals surface area contributed by atoms with Crippen molar-refractivity contribution < 1.29 is 9.84 Å². The van der Waals surface area contributed by atoms with E-state index in [0.717, 1.165) is 5.69 Å². The highest BCUT2D eigenvalue weighted by Gasteiger charge is 2.07. The van der Waals surface area contributed by atoms with Crippen LogP contribution < -0.4 is 10.1 Å². The summed E-state index contributed by atoms with van der Waals surface area (Å²) in [4.78, 5) is 0. The van der Waals surface area contributed by atoms with Crippen molar-refractivity contribution in [1.82, 2.24) is 0 Å². The lowest BCUT2D eigenvalue weighted by molar-refractivity contribution is 0.373. The van der Waals surface area contributed by atoms with Gasteiger partial charge in [-0.2, -0.15) is 11.3 Å². The van der Waals surface area contributed by atoms with E-state index in [2.05, 4.69) is 29.1 Å². The number of phenols is 1. The van der Waals surface area contributed by atoms with Gasteiger partial charge in [0.25, 0.3) is 0 Å². The zero-order valence-corrected chi connectivity index (χ0v) is 10.6. The lowest BCUT2D eigenvalue weighted by Gasteiger charge is -2.15.